The Labute approximate surface area is 163 Å². The molecule has 1 atom stereocenters. The third-order valence-electron chi connectivity index (χ3n) is 5.82. The molecule has 5 heteroatoms. The molecule has 2 heterocycles. The van der Waals surface area contributed by atoms with E-state index in [0.29, 0.717) is 17.4 Å². The Balaban J connectivity index is 1.39. The van der Waals surface area contributed by atoms with Crippen molar-refractivity contribution in [1.29, 1.82) is 0 Å². The van der Waals surface area contributed by atoms with Crippen LogP contribution in [0.4, 0.5) is 5.69 Å². The first kappa shape index (κ1) is 19.9. The van der Waals surface area contributed by atoms with E-state index in [4.69, 9.17) is 0 Å². The first-order valence-corrected chi connectivity index (χ1v) is 10.4. The molecule has 2 aliphatic heterocycles. The second-order valence-corrected chi connectivity index (χ2v) is 8.52. The number of piperidine rings is 1. The summed E-state index contributed by atoms with van der Waals surface area (Å²) in [4.78, 5) is 28.2. The summed E-state index contributed by atoms with van der Waals surface area (Å²) in [5.74, 6) is 1.67. The topological polar surface area (TPSA) is 52.7 Å². The van der Waals surface area contributed by atoms with Crippen LogP contribution >= 0.6 is 0 Å². The van der Waals surface area contributed by atoms with Crippen LogP contribution in [-0.4, -0.2) is 56.4 Å². The normalized spacial score (nSPS) is 21.6. The molecule has 0 saturated carbocycles. The minimum absolute atomic E-state index is 0.128. The number of benzene rings is 1. The molecule has 0 bridgehead atoms. The third kappa shape index (κ3) is 5.55. The number of nitrogens with one attached hydrogen (secondary N) is 1. The predicted octanol–water partition coefficient (Wildman–Crippen LogP) is 2.81. The van der Waals surface area contributed by atoms with Crippen molar-refractivity contribution in [3.8, 4) is 0 Å². The monoisotopic (exact) mass is 371 g/mol. The SMILES string of the molecule is CC(C)CN1CC[C@H](CNC(=O)C2CCN(c3ccc(C=O)cc3)CC2)C1. The summed E-state index contributed by atoms with van der Waals surface area (Å²) in [5.41, 5.74) is 1.84. The van der Waals surface area contributed by atoms with Gasteiger partial charge in [-0.1, -0.05) is 13.8 Å². The van der Waals surface area contributed by atoms with E-state index in [0.717, 1.165) is 57.5 Å². The molecule has 0 aromatic heterocycles. The van der Waals surface area contributed by atoms with Crippen LogP contribution in [0.3, 0.4) is 0 Å². The summed E-state index contributed by atoms with van der Waals surface area (Å²) in [6, 6.07) is 7.69. The van der Waals surface area contributed by atoms with Crippen molar-refractivity contribution in [2.75, 3.05) is 44.2 Å². The lowest BCUT2D eigenvalue weighted by atomic mass is 9.95. The fourth-order valence-corrected chi connectivity index (χ4v) is 4.31. The van der Waals surface area contributed by atoms with Crippen LogP contribution in [0.5, 0.6) is 0 Å². The van der Waals surface area contributed by atoms with Gasteiger partial charge in [-0.2, -0.15) is 0 Å². The molecule has 1 amide bonds. The van der Waals surface area contributed by atoms with Crippen LogP contribution in [0, 0.1) is 17.8 Å². The van der Waals surface area contributed by atoms with Crippen LogP contribution in [0.1, 0.15) is 43.5 Å². The van der Waals surface area contributed by atoms with E-state index in [1.807, 2.05) is 24.3 Å². The fourth-order valence-electron chi connectivity index (χ4n) is 4.31. The Kier molecular flexibility index (Phi) is 6.89. The molecule has 1 N–H and O–H groups in total. The molecule has 2 fully saturated rings. The maximum absolute atomic E-state index is 12.6. The highest BCUT2D eigenvalue weighted by Crippen LogP contribution is 2.24. The Bertz CT molecular complexity index is 621. The molecular weight excluding hydrogens is 338 g/mol. The third-order valence-corrected chi connectivity index (χ3v) is 5.82. The van der Waals surface area contributed by atoms with Crippen molar-refractivity contribution in [3.63, 3.8) is 0 Å². The van der Waals surface area contributed by atoms with E-state index in [1.165, 1.54) is 13.0 Å². The summed E-state index contributed by atoms with van der Waals surface area (Å²) in [6.07, 6.45) is 3.85. The number of anilines is 1. The van der Waals surface area contributed by atoms with E-state index in [2.05, 4.69) is 29.0 Å². The van der Waals surface area contributed by atoms with Crippen molar-refractivity contribution in [3.05, 3.63) is 29.8 Å². The molecular formula is C22H33N3O2. The molecule has 2 saturated heterocycles. The fraction of sp³-hybridized carbons (Fsp3) is 0.636. The zero-order valence-corrected chi connectivity index (χ0v) is 16.7. The van der Waals surface area contributed by atoms with Crippen LogP contribution < -0.4 is 10.2 Å². The van der Waals surface area contributed by atoms with Crippen LogP contribution in [-0.2, 0) is 4.79 Å². The summed E-state index contributed by atoms with van der Waals surface area (Å²) in [5, 5.41) is 3.21. The van der Waals surface area contributed by atoms with Crippen molar-refractivity contribution in [1.82, 2.24) is 10.2 Å². The minimum atomic E-state index is 0.128. The summed E-state index contributed by atoms with van der Waals surface area (Å²) in [7, 11) is 0. The molecule has 1 aromatic rings. The van der Waals surface area contributed by atoms with Gasteiger partial charge in [-0.3, -0.25) is 9.59 Å². The van der Waals surface area contributed by atoms with E-state index in [1.54, 1.807) is 0 Å². The van der Waals surface area contributed by atoms with Crippen LogP contribution in [0.2, 0.25) is 0 Å². The zero-order valence-electron chi connectivity index (χ0n) is 16.7. The number of rotatable bonds is 7. The van der Waals surface area contributed by atoms with Gasteiger partial charge in [-0.05, 0) is 61.9 Å². The molecule has 0 radical (unpaired) electrons. The highest BCUT2D eigenvalue weighted by Gasteiger charge is 2.27. The van der Waals surface area contributed by atoms with Crippen molar-refractivity contribution in [2.45, 2.75) is 33.1 Å². The number of amides is 1. The standard InChI is InChI=1S/C22H33N3O2/c1-17(2)14-24-10-7-19(15-24)13-23-22(27)20-8-11-25(12-9-20)21-5-3-18(16-26)4-6-21/h3-6,16-17,19-20H,7-15H2,1-2H3,(H,23,27)/t19-/m1/s1. The molecule has 3 rings (SSSR count). The smallest absolute Gasteiger partial charge is 0.223 e. The summed E-state index contributed by atoms with van der Waals surface area (Å²) in [6.45, 7) is 10.6. The highest BCUT2D eigenvalue weighted by atomic mass is 16.1. The Morgan fingerprint density at radius 2 is 1.85 bits per heavy atom. The van der Waals surface area contributed by atoms with E-state index in [-0.39, 0.29) is 11.8 Å². The van der Waals surface area contributed by atoms with Gasteiger partial charge in [0.2, 0.25) is 5.91 Å². The van der Waals surface area contributed by atoms with Crippen molar-refractivity contribution in [2.24, 2.45) is 17.8 Å². The van der Waals surface area contributed by atoms with Crippen molar-refractivity contribution < 1.29 is 9.59 Å². The minimum Gasteiger partial charge on any atom is -0.371 e. The van der Waals surface area contributed by atoms with Crippen LogP contribution in [0.25, 0.3) is 0 Å². The lowest BCUT2D eigenvalue weighted by molar-refractivity contribution is -0.125. The van der Waals surface area contributed by atoms with Gasteiger partial charge in [0, 0.05) is 49.9 Å². The average Bonchev–Trinajstić information content (AvgIpc) is 3.13. The quantitative estimate of drug-likeness (QED) is 0.749. The Morgan fingerprint density at radius 1 is 1.15 bits per heavy atom. The van der Waals surface area contributed by atoms with Gasteiger partial charge in [-0.15, -0.1) is 0 Å². The maximum atomic E-state index is 12.6. The van der Waals surface area contributed by atoms with Gasteiger partial charge in [0.05, 0.1) is 0 Å². The number of hydrogen-bond donors (Lipinski definition) is 1. The first-order chi connectivity index (χ1) is 13.0. The molecule has 0 unspecified atom stereocenters. The largest absolute Gasteiger partial charge is 0.371 e. The van der Waals surface area contributed by atoms with Crippen LogP contribution in [0.15, 0.2) is 24.3 Å². The summed E-state index contributed by atoms with van der Waals surface area (Å²) < 4.78 is 0. The molecule has 27 heavy (non-hydrogen) atoms. The molecule has 148 valence electrons. The second-order valence-electron chi connectivity index (χ2n) is 8.52. The van der Waals surface area contributed by atoms with Gasteiger partial charge in [-0.25, -0.2) is 0 Å². The number of nitrogens with zero attached hydrogens (tertiary/aromatic N) is 2. The van der Waals surface area contributed by atoms with Gasteiger partial charge in [0.1, 0.15) is 6.29 Å². The Hall–Kier alpha value is -1.88. The number of hydrogen-bond acceptors (Lipinski definition) is 4. The number of carbonyl (C=O) groups is 2. The van der Waals surface area contributed by atoms with Crippen molar-refractivity contribution >= 4 is 17.9 Å². The average molecular weight is 372 g/mol. The molecule has 1 aromatic carbocycles. The zero-order chi connectivity index (χ0) is 19.2. The first-order valence-electron chi connectivity index (χ1n) is 10.4. The highest BCUT2D eigenvalue weighted by molar-refractivity contribution is 5.79. The number of carbonyl (C=O) groups excluding carboxylic acids is 2. The van der Waals surface area contributed by atoms with Gasteiger partial charge in [0.15, 0.2) is 0 Å². The lowest BCUT2D eigenvalue weighted by Crippen LogP contribution is -2.42. The van der Waals surface area contributed by atoms with Gasteiger partial charge < -0.3 is 15.1 Å². The molecule has 0 aliphatic carbocycles. The Morgan fingerprint density at radius 3 is 2.48 bits per heavy atom. The van der Waals surface area contributed by atoms with Gasteiger partial charge >= 0.3 is 0 Å². The van der Waals surface area contributed by atoms with E-state index < -0.39 is 0 Å². The lowest BCUT2D eigenvalue weighted by Gasteiger charge is -2.33. The van der Waals surface area contributed by atoms with E-state index in [9.17, 15) is 9.59 Å². The van der Waals surface area contributed by atoms with Gasteiger partial charge in [0.25, 0.3) is 0 Å². The molecule has 2 aliphatic rings. The molecule has 5 nitrogen and oxygen atoms in total. The maximum Gasteiger partial charge on any atom is 0.223 e. The predicted molar refractivity (Wildman–Crippen MR) is 109 cm³/mol. The van der Waals surface area contributed by atoms with E-state index >= 15 is 0 Å². The molecule has 0 spiro atoms. The number of likely N-dealkylation sites (tertiary alicyclic amines) is 1. The number of aldehydes is 1. The second kappa shape index (κ2) is 9.36. The summed E-state index contributed by atoms with van der Waals surface area (Å²) >= 11 is 0.